The van der Waals surface area contributed by atoms with Crippen LogP contribution in [0.4, 0.5) is 4.79 Å². The maximum Gasteiger partial charge on any atom is 0.279 e. The van der Waals surface area contributed by atoms with E-state index in [1.807, 2.05) is 0 Å². The minimum Gasteiger partial charge on any atom is -0.339 e. The topological polar surface area (TPSA) is 56.1 Å². The fraction of sp³-hybridized carbons (Fsp3) is 0.778. The van der Waals surface area contributed by atoms with Gasteiger partial charge in [-0.15, -0.1) is 0 Å². The van der Waals surface area contributed by atoms with Crippen LogP contribution in [0.3, 0.4) is 0 Å². The van der Waals surface area contributed by atoms with Crippen molar-refractivity contribution in [2.45, 2.75) is 18.4 Å². The summed E-state index contributed by atoms with van der Waals surface area (Å²) in [6, 6.07) is 0. The Morgan fingerprint density at radius 2 is 2.57 bits per heavy atom. The summed E-state index contributed by atoms with van der Waals surface area (Å²) in [6.45, 7) is 1.51. The minimum absolute atomic E-state index is 0.0227. The van der Waals surface area contributed by atoms with Gasteiger partial charge in [0.2, 0.25) is 0 Å². The van der Waals surface area contributed by atoms with Gasteiger partial charge in [0.05, 0.1) is 12.1 Å². The van der Waals surface area contributed by atoms with Crippen LogP contribution in [0.1, 0.15) is 12.8 Å². The van der Waals surface area contributed by atoms with Crippen molar-refractivity contribution in [3.05, 3.63) is 0 Å². The van der Waals surface area contributed by atoms with Crippen LogP contribution < -0.4 is 5.32 Å². The van der Waals surface area contributed by atoms with Crippen LogP contribution in [0.2, 0.25) is 0 Å². The number of hydrogen-bond donors (Lipinski definition) is 1. The second-order valence-corrected chi connectivity index (χ2v) is 4.77. The number of hydrogen-bond acceptors (Lipinski definition) is 4. The zero-order chi connectivity index (χ0) is 10.2. The summed E-state index contributed by atoms with van der Waals surface area (Å²) in [7, 11) is 0. The van der Waals surface area contributed by atoms with Crippen LogP contribution in [0.25, 0.3) is 0 Å². The summed E-state index contributed by atoms with van der Waals surface area (Å²) in [6.07, 6.45) is 6.08. The predicted molar refractivity (Wildman–Crippen MR) is 54.7 cm³/mol. The quantitative estimate of drug-likeness (QED) is 0.657. The van der Waals surface area contributed by atoms with Gasteiger partial charge in [-0.1, -0.05) is 11.8 Å². The van der Waals surface area contributed by atoms with Crippen LogP contribution in [0.15, 0.2) is 0 Å². The Morgan fingerprint density at radius 3 is 3.07 bits per heavy atom. The van der Waals surface area contributed by atoms with Gasteiger partial charge >= 0.3 is 0 Å². The molecular weight excluding hydrogens is 198 g/mol. The first-order valence-corrected chi connectivity index (χ1v) is 5.93. The van der Waals surface area contributed by atoms with Gasteiger partial charge in [0.25, 0.3) is 5.24 Å². The molecule has 2 rings (SSSR count). The number of rotatable bonds is 1. The highest BCUT2D eigenvalue weighted by Crippen LogP contribution is 2.44. The summed E-state index contributed by atoms with van der Waals surface area (Å²) < 4.78 is 0. The molecule has 1 N–H and O–H groups in total. The lowest BCUT2D eigenvalue weighted by Gasteiger charge is -2.43. The summed E-state index contributed by atoms with van der Waals surface area (Å²) >= 11 is 1.20. The van der Waals surface area contributed by atoms with Gasteiger partial charge in [0.1, 0.15) is 0 Å². The van der Waals surface area contributed by atoms with E-state index in [4.69, 9.17) is 5.26 Å². The monoisotopic (exact) mass is 211 g/mol. The highest BCUT2D eigenvalue weighted by atomic mass is 32.2. The summed E-state index contributed by atoms with van der Waals surface area (Å²) in [5, 5.41) is 11.9. The molecular formula is C9H13N3OS. The number of fused-ring (bicyclic) bond motifs is 1. The molecule has 2 fully saturated rings. The molecule has 1 heterocycles. The maximum absolute atomic E-state index is 11.3. The number of carbonyl (C=O) groups excluding carboxylic acids is 1. The summed E-state index contributed by atoms with van der Waals surface area (Å²) in [5.41, 5.74) is -0.0875. The summed E-state index contributed by atoms with van der Waals surface area (Å²) in [5.74, 6) is 0.484. The van der Waals surface area contributed by atoms with Crippen molar-refractivity contribution in [2.75, 3.05) is 19.3 Å². The zero-order valence-electron chi connectivity index (χ0n) is 8.12. The van der Waals surface area contributed by atoms with Gasteiger partial charge in [-0.3, -0.25) is 4.79 Å². The molecule has 2 aliphatic rings. The SMILES string of the molecule is CSC(=O)NC12CCC1CN(C#N)C2. The standard InChI is InChI=1S/C9H13N3OS/c1-14-8(13)11-9-3-2-7(9)4-12(5-9)6-10/h7H,2-5H2,1H3,(H,11,13). The van der Waals surface area contributed by atoms with Crippen LogP contribution >= 0.6 is 11.8 Å². The Balaban J connectivity index is 2.03. The van der Waals surface area contributed by atoms with Crippen LogP contribution in [-0.4, -0.2) is 35.0 Å². The Bertz CT molecular complexity index is 301. The Kier molecular flexibility index (Phi) is 2.31. The third-order valence-corrected chi connectivity index (χ3v) is 3.78. The number of nitriles is 1. The van der Waals surface area contributed by atoms with Gasteiger partial charge in [-0.25, -0.2) is 0 Å². The third kappa shape index (κ3) is 1.34. The molecule has 1 aliphatic carbocycles. The van der Waals surface area contributed by atoms with E-state index >= 15 is 0 Å². The number of nitrogens with zero attached hydrogens (tertiary/aromatic N) is 2. The third-order valence-electron chi connectivity index (χ3n) is 3.31. The fourth-order valence-electron chi connectivity index (χ4n) is 2.38. The Hall–Kier alpha value is -0.890. The largest absolute Gasteiger partial charge is 0.339 e. The van der Waals surface area contributed by atoms with Crippen molar-refractivity contribution in [2.24, 2.45) is 5.92 Å². The first-order valence-electron chi connectivity index (χ1n) is 4.71. The smallest absolute Gasteiger partial charge is 0.279 e. The first kappa shape index (κ1) is 9.66. The number of likely N-dealkylation sites (tertiary alicyclic amines) is 1. The molecule has 1 aliphatic heterocycles. The van der Waals surface area contributed by atoms with E-state index in [9.17, 15) is 4.79 Å². The molecule has 5 heteroatoms. The van der Waals surface area contributed by atoms with E-state index < -0.39 is 0 Å². The molecule has 76 valence electrons. The predicted octanol–water partition coefficient (Wildman–Crippen LogP) is 1.00. The van der Waals surface area contributed by atoms with Crippen molar-refractivity contribution in [1.82, 2.24) is 10.2 Å². The molecule has 0 aromatic carbocycles. The number of nitrogens with one attached hydrogen (secondary N) is 1. The second kappa shape index (κ2) is 3.35. The molecule has 0 bridgehead atoms. The van der Waals surface area contributed by atoms with Crippen LogP contribution in [0.5, 0.6) is 0 Å². The highest BCUT2D eigenvalue weighted by molar-refractivity contribution is 8.12. The van der Waals surface area contributed by atoms with E-state index in [1.165, 1.54) is 11.8 Å². The van der Waals surface area contributed by atoms with Crippen molar-refractivity contribution in [3.8, 4) is 6.19 Å². The van der Waals surface area contributed by atoms with Gasteiger partial charge < -0.3 is 10.2 Å². The molecule has 2 unspecified atom stereocenters. The lowest BCUT2D eigenvalue weighted by atomic mass is 9.69. The fourth-order valence-corrected chi connectivity index (χ4v) is 2.68. The second-order valence-electron chi connectivity index (χ2n) is 3.99. The van der Waals surface area contributed by atoms with Crippen LogP contribution in [-0.2, 0) is 0 Å². The molecule has 4 nitrogen and oxygen atoms in total. The molecule has 2 atom stereocenters. The average Bonchev–Trinajstić information content (AvgIpc) is 2.42. The number of thioether (sulfide) groups is 1. The molecule has 0 radical (unpaired) electrons. The molecule has 1 saturated carbocycles. The normalized spacial score (nSPS) is 34.3. The van der Waals surface area contributed by atoms with E-state index in [0.29, 0.717) is 12.5 Å². The van der Waals surface area contributed by atoms with Crippen molar-refractivity contribution in [1.29, 1.82) is 5.26 Å². The van der Waals surface area contributed by atoms with Gasteiger partial charge in [0, 0.05) is 12.5 Å². The Morgan fingerprint density at radius 1 is 1.79 bits per heavy atom. The molecule has 0 aromatic heterocycles. The molecule has 1 amide bonds. The summed E-state index contributed by atoms with van der Waals surface area (Å²) in [4.78, 5) is 13.0. The van der Waals surface area contributed by atoms with Gasteiger partial charge in [-0.05, 0) is 19.1 Å². The van der Waals surface area contributed by atoms with E-state index in [-0.39, 0.29) is 10.8 Å². The highest BCUT2D eigenvalue weighted by Gasteiger charge is 2.53. The van der Waals surface area contributed by atoms with Crippen molar-refractivity contribution in [3.63, 3.8) is 0 Å². The number of carbonyl (C=O) groups is 1. The molecule has 0 spiro atoms. The van der Waals surface area contributed by atoms with Crippen molar-refractivity contribution >= 4 is 17.0 Å². The van der Waals surface area contributed by atoms with E-state index in [1.54, 1.807) is 11.2 Å². The van der Waals surface area contributed by atoms with E-state index in [2.05, 4.69) is 11.5 Å². The lowest BCUT2D eigenvalue weighted by Crippen LogP contribution is -2.59. The molecule has 0 aromatic rings. The van der Waals surface area contributed by atoms with Gasteiger partial charge in [-0.2, -0.15) is 5.26 Å². The van der Waals surface area contributed by atoms with Crippen molar-refractivity contribution < 1.29 is 4.79 Å². The molecule has 1 saturated heterocycles. The average molecular weight is 211 g/mol. The molecule has 14 heavy (non-hydrogen) atoms. The number of amides is 1. The van der Waals surface area contributed by atoms with E-state index in [0.717, 1.165) is 19.4 Å². The zero-order valence-corrected chi connectivity index (χ0v) is 8.93. The van der Waals surface area contributed by atoms with Gasteiger partial charge in [0.15, 0.2) is 6.19 Å². The lowest BCUT2D eigenvalue weighted by molar-refractivity contribution is 0.148. The first-order chi connectivity index (χ1) is 6.70. The van der Waals surface area contributed by atoms with Crippen LogP contribution in [0, 0.1) is 17.4 Å². The minimum atomic E-state index is -0.0875. The Labute approximate surface area is 87.6 Å². The maximum atomic E-state index is 11.3.